The van der Waals surface area contributed by atoms with Gasteiger partial charge in [0.15, 0.2) is 0 Å². The second-order valence-electron chi connectivity index (χ2n) is 2.00. The van der Waals surface area contributed by atoms with Crippen LogP contribution in [0.5, 0.6) is 5.88 Å². The molecule has 0 atom stereocenters. The van der Waals surface area contributed by atoms with E-state index >= 15 is 0 Å². The molecule has 0 spiro atoms. The van der Waals surface area contributed by atoms with Crippen LogP contribution in [-0.2, 0) is 4.79 Å². The SMILES string of the molecule is O=C(C[N+](=O)[O-])Oc1ccc[nH]1. The first kappa shape index (κ1) is 8.25. The number of ether oxygens (including phenoxy) is 1. The summed E-state index contributed by atoms with van der Waals surface area (Å²) in [5, 5.41) is 9.83. The number of nitrogens with one attached hydrogen (secondary N) is 1. The molecule has 0 saturated carbocycles. The van der Waals surface area contributed by atoms with E-state index in [1.165, 1.54) is 6.07 Å². The second-order valence-corrected chi connectivity index (χ2v) is 2.00. The predicted octanol–water partition coefficient (Wildman–Crippen LogP) is 0.197. The van der Waals surface area contributed by atoms with Crippen LogP contribution in [0.4, 0.5) is 0 Å². The number of rotatable bonds is 3. The molecule has 1 rings (SSSR count). The van der Waals surface area contributed by atoms with Gasteiger partial charge in [0.1, 0.15) is 0 Å². The monoisotopic (exact) mass is 170 g/mol. The van der Waals surface area contributed by atoms with Crippen molar-refractivity contribution in [1.29, 1.82) is 0 Å². The predicted molar refractivity (Wildman–Crippen MR) is 38.3 cm³/mol. The molecule has 0 fully saturated rings. The van der Waals surface area contributed by atoms with Gasteiger partial charge in [0, 0.05) is 17.2 Å². The molecule has 0 aliphatic rings. The van der Waals surface area contributed by atoms with Crippen LogP contribution in [0, 0.1) is 10.1 Å². The van der Waals surface area contributed by atoms with Gasteiger partial charge < -0.3 is 9.72 Å². The molecule has 12 heavy (non-hydrogen) atoms. The van der Waals surface area contributed by atoms with Gasteiger partial charge in [0.25, 0.3) is 6.54 Å². The number of hydrogen-bond donors (Lipinski definition) is 1. The molecule has 0 aliphatic heterocycles. The Morgan fingerprint density at radius 1 is 1.75 bits per heavy atom. The van der Waals surface area contributed by atoms with Crippen molar-refractivity contribution in [3.8, 4) is 5.88 Å². The minimum absolute atomic E-state index is 0.210. The summed E-state index contributed by atoms with van der Waals surface area (Å²) in [7, 11) is 0. The van der Waals surface area contributed by atoms with Crippen LogP contribution in [0.15, 0.2) is 18.3 Å². The number of esters is 1. The van der Waals surface area contributed by atoms with Gasteiger partial charge in [0.05, 0.1) is 0 Å². The summed E-state index contributed by atoms with van der Waals surface area (Å²) < 4.78 is 4.53. The van der Waals surface area contributed by atoms with E-state index < -0.39 is 17.4 Å². The molecule has 0 bridgehead atoms. The summed E-state index contributed by atoms with van der Waals surface area (Å²) in [5.41, 5.74) is 0. The summed E-state index contributed by atoms with van der Waals surface area (Å²) >= 11 is 0. The Morgan fingerprint density at radius 2 is 2.50 bits per heavy atom. The number of nitro groups is 1. The maximum atomic E-state index is 10.6. The summed E-state index contributed by atoms with van der Waals surface area (Å²) in [6, 6.07) is 3.12. The van der Waals surface area contributed by atoms with Gasteiger partial charge in [-0.15, -0.1) is 0 Å². The van der Waals surface area contributed by atoms with E-state index in [-0.39, 0.29) is 5.88 Å². The van der Waals surface area contributed by atoms with Gasteiger partial charge in [-0.1, -0.05) is 0 Å². The van der Waals surface area contributed by atoms with Crippen molar-refractivity contribution < 1.29 is 14.5 Å². The van der Waals surface area contributed by atoms with Gasteiger partial charge in [-0.3, -0.25) is 10.1 Å². The first-order valence-electron chi connectivity index (χ1n) is 3.14. The minimum atomic E-state index is -0.887. The summed E-state index contributed by atoms with van der Waals surface area (Å²) in [5.74, 6) is -0.677. The van der Waals surface area contributed by atoms with E-state index in [1.54, 1.807) is 12.3 Å². The van der Waals surface area contributed by atoms with Gasteiger partial charge >= 0.3 is 5.97 Å². The molecule has 0 amide bonds. The largest absolute Gasteiger partial charge is 0.405 e. The van der Waals surface area contributed by atoms with E-state index in [0.29, 0.717) is 0 Å². The van der Waals surface area contributed by atoms with Gasteiger partial charge in [-0.2, -0.15) is 0 Å². The van der Waals surface area contributed by atoms with Crippen molar-refractivity contribution in [1.82, 2.24) is 4.98 Å². The Kier molecular flexibility index (Phi) is 2.42. The molecule has 64 valence electrons. The first-order chi connectivity index (χ1) is 5.68. The third-order valence-electron chi connectivity index (χ3n) is 1.05. The smallest absolute Gasteiger partial charge is 0.385 e. The molecule has 0 radical (unpaired) electrons. The third-order valence-corrected chi connectivity index (χ3v) is 1.05. The zero-order valence-corrected chi connectivity index (χ0v) is 6.02. The van der Waals surface area contributed by atoms with Crippen LogP contribution in [-0.4, -0.2) is 22.4 Å². The molecule has 1 aromatic heterocycles. The zero-order chi connectivity index (χ0) is 8.97. The van der Waals surface area contributed by atoms with Crippen molar-refractivity contribution in [2.24, 2.45) is 0 Å². The van der Waals surface area contributed by atoms with Crippen molar-refractivity contribution in [3.05, 3.63) is 28.4 Å². The van der Waals surface area contributed by atoms with Gasteiger partial charge in [0.2, 0.25) is 5.88 Å². The van der Waals surface area contributed by atoms with E-state index in [1.807, 2.05) is 0 Å². The standard InChI is InChI=1S/C6H6N2O4/c9-6(4-8(10)11)12-5-2-1-3-7-5/h1-3,7H,4H2. The number of aromatic amines is 1. The quantitative estimate of drug-likeness (QED) is 0.398. The molecular formula is C6H6N2O4. The number of carbonyl (C=O) groups excluding carboxylic acids is 1. The Balaban J connectivity index is 2.42. The lowest BCUT2D eigenvalue weighted by Crippen LogP contribution is -2.19. The Bertz CT molecular complexity index is 280. The fraction of sp³-hybridized carbons (Fsp3) is 0.167. The molecular weight excluding hydrogens is 164 g/mol. The van der Waals surface area contributed by atoms with Gasteiger partial charge in [-0.05, 0) is 6.07 Å². The molecule has 1 N–H and O–H groups in total. The average molecular weight is 170 g/mol. The molecule has 6 nitrogen and oxygen atoms in total. The zero-order valence-electron chi connectivity index (χ0n) is 6.02. The number of H-pyrrole nitrogens is 1. The maximum absolute atomic E-state index is 10.6. The number of aromatic nitrogens is 1. The lowest BCUT2D eigenvalue weighted by molar-refractivity contribution is -0.469. The van der Waals surface area contributed by atoms with Crippen LogP contribution in [0.1, 0.15) is 0 Å². The topological polar surface area (TPSA) is 85.2 Å². The normalized spacial score (nSPS) is 9.33. The highest BCUT2D eigenvalue weighted by Crippen LogP contribution is 2.03. The van der Waals surface area contributed by atoms with E-state index in [0.717, 1.165) is 0 Å². The number of nitrogens with zero attached hydrogens (tertiary/aromatic N) is 1. The van der Waals surface area contributed by atoms with Crippen molar-refractivity contribution >= 4 is 5.97 Å². The lowest BCUT2D eigenvalue weighted by atomic mass is 10.6. The summed E-state index contributed by atoms with van der Waals surface area (Å²) in [6.07, 6.45) is 1.55. The molecule has 1 aromatic rings. The maximum Gasteiger partial charge on any atom is 0.385 e. The Labute approximate surface area is 67.3 Å². The van der Waals surface area contributed by atoms with Crippen LogP contribution < -0.4 is 4.74 Å². The molecule has 0 saturated heterocycles. The van der Waals surface area contributed by atoms with Crippen molar-refractivity contribution in [2.75, 3.05) is 6.54 Å². The summed E-state index contributed by atoms with van der Waals surface area (Å²) in [6.45, 7) is -0.820. The third kappa shape index (κ3) is 2.41. The fourth-order valence-corrected chi connectivity index (χ4v) is 0.638. The minimum Gasteiger partial charge on any atom is -0.405 e. The van der Waals surface area contributed by atoms with Crippen LogP contribution in [0.3, 0.4) is 0 Å². The average Bonchev–Trinajstić information content (AvgIpc) is 2.37. The molecule has 6 heteroatoms. The lowest BCUT2D eigenvalue weighted by Gasteiger charge is -1.95. The van der Waals surface area contributed by atoms with Crippen LogP contribution in [0.25, 0.3) is 0 Å². The highest BCUT2D eigenvalue weighted by atomic mass is 16.6. The number of carbonyl (C=O) groups is 1. The van der Waals surface area contributed by atoms with E-state index in [2.05, 4.69) is 9.72 Å². The summed E-state index contributed by atoms with van der Waals surface area (Å²) in [4.78, 5) is 22.3. The molecule has 1 heterocycles. The molecule has 0 aliphatic carbocycles. The highest BCUT2D eigenvalue weighted by molar-refractivity contribution is 5.72. The molecule has 0 unspecified atom stereocenters. The first-order valence-corrected chi connectivity index (χ1v) is 3.14. The van der Waals surface area contributed by atoms with Crippen molar-refractivity contribution in [2.45, 2.75) is 0 Å². The highest BCUT2D eigenvalue weighted by Gasteiger charge is 2.11. The van der Waals surface area contributed by atoms with Crippen LogP contribution in [0.2, 0.25) is 0 Å². The van der Waals surface area contributed by atoms with E-state index in [9.17, 15) is 14.9 Å². The van der Waals surface area contributed by atoms with Crippen LogP contribution >= 0.6 is 0 Å². The Hall–Kier alpha value is -1.85. The van der Waals surface area contributed by atoms with E-state index in [4.69, 9.17) is 0 Å². The second kappa shape index (κ2) is 3.51. The Morgan fingerprint density at radius 3 is 3.00 bits per heavy atom. The van der Waals surface area contributed by atoms with Crippen molar-refractivity contribution in [3.63, 3.8) is 0 Å². The molecule has 0 aromatic carbocycles. The van der Waals surface area contributed by atoms with Gasteiger partial charge in [-0.25, -0.2) is 4.79 Å². The fourth-order valence-electron chi connectivity index (χ4n) is 0.638. The number of hydrogen-bond acceptors (Lipinski definition) is 4.